The van der Waals surface area contributed by atoms with Gasteiger partial charge >= 0.3 is 0 Å². The number of carbonyl (C=O) groups excluding carboxylic acids is 1. The predicted octanol–water partition coefficient (Wildman–Crippen LogP) is 2.87. The van der Waals surface area contributed by atoms with Crippen LogP contribution >= 0.6 is 0 Å². The SMILES string of the molecule is Cc1cccc(-c2nnc(CCC(=O)n3cc(CCN)c4ccccc43)c(=O)[nH]2)c1. The molecule has 0 radical (unpaired) electrons. The first-order valence-electron chi connectivity index (χ1n) is 9.92. The van der Waals surface area contributed by atoms with E-state index < -0.39 is 0 Å². The lowest BCUT2D eigenvalue weighted by molar-refractivity contribution is 0.0907. The van der Waals surface area contributed by atoms with Crippen molar-refractivity contribution in [2.45, 2.75) is 26.2 Å². The van der Waals surface area contributed by atoms with Crippen LogP contribution in [0.1, 0.15) is 28.0 Å². The molecule has 7 heteroatoms. The molecule has 4 rings (SSSR count). The zero-order chi connectivity index (χ0) is 21.1. The number of aromatic amines is 1. The van der Waals surface area contributed by atoms with Crippen LogP contribution in [0.4, 0.5) is 0 Å². The minimum absolute atomic E-state index is 0.0987. The van der Waals surface area contributed by atoms with Crippen LogP contribution in [0.2, 0.25) is 0 Å². The molecule has 7 nitrogen and oxygen atoms in total. The van der Waals surface area contributed by atoms with Crippen molar-refractivity contribution in [2.24, 2.45) is 5.73 Å². The Balaban J connectivity index is 1.53. The van der Waals surface area contributed by atoms with E-state index >= 15 is 0 Å². The van der Waals surface area contributed by atoms with Crippen LogP contribution in [0.5, 0.6) is 0 Å². The van der Waals surface area contributed by atoms with E-state index in [1.165, 1.54) is 0 Å². The molecule has 0 saturated carbocycles. The van der Waals surface area contributed by atoms with Gasteiger partial charge in [-0.3, -0.25) is 14.2 Å². The molecule has 0 saturated heterocycles. The second-order valence-corrected chi connectivity index (χ2v) is 7.29. The van der Waals surface area contributed by atoms with Gasteiger partial charge in [-0.15, -0.1) is 10.2 Å². The second-order valence-electron chi connectivity index (χ2n) is 7.29. The molecule has 2 heterocycles. The highest BCUT2D eigenvalue weighted by Gasteiger charge is 2.15. The number of H-pyrrole nitrogens is 1. The number of nitrogens with zero attached hydrogens (tertiary/aromatic N) is 3. The Bertz CT molecular complexity index is 1270. The molecule has 2 aromatic carbocycles. The monoisotopic (exact) mass is 401 g/mol. The molecule has 0 bridgehead atoms. The minimum atomic E-state index is -0.324. The number of rotatable bonds is 6. The summed E-state index contributed by atoms with van der Waals surface area (Å²) in [7, 11) is 0. The molecule has 0 aliphatic heterocycles. The first kappa shape index (κ1) is 19.7. The number of hydrogen-bond acceptors (Lipinski definition) is 5. The molecule has 0 spiro atoms. The third-order valence-corrected chi connectivity index (χ3v) is 5.11. The van der Waals surface area contributed by atoms with Gasteiger partial charge in [0.2, 0.25) is 5.91 Å². The van der Waals surface area contributed by atoms with Gasteiger partial charge in [-0.2, -0.15) is 0 Å². The van der Waals surface area contributed by atoms with Crippen molar-refractivity contribution < 1.29 is 4.79 Å². The van der Waals surface area contributed by atoms with E-state index in [9.17, 15) is 9.59 Å². The highest BCUT2D eigenvalue weighted by molar-refractivity contribution is 5.94. The normalized spacial score (nSPS) is 11.1. The molecule has 0 aliphatic carbocycles. The fraction of sp³-hybridized carbons (Fsp3) is 0.217. The van der Waals surface area contributed by atoms with Crippen LogP contribution in [0.3, 0.4) is 0 Å². The average Bonchev–Trinajstić information content (AvgIpc) is 3.12. The summed E-state index contributed by atoms with van der Waals surface area (Å²) in [4.78, 5) is 28.1. The summed E-state index contributed by atoms with van der Waals surface area (Å²) in [6.07, 6.45) is 2.92. The molecule has 3 N–H and O–H groups in total. The molecule has 0 fully saturated rings. The Morgan fingerprint density at radius 3 is 2.70 bits per heavy atom. The van der Waals surface area contributed by atoms with Gasteiger partial charge in [-0.25, -0.2) is 0 Å². The Labute approximate surface area is 173 Å². The molecule has 4 aromatic rings. The fourth-order valence-electron chi connectivity index (χ4n) is 3.60. The van der Waals surface area contributed by atoms with E-state index in [1.807, 2.05) is 61.7 Å². The molecule has 2 aromatic heterocycles. The lowest BCUT2D eigenvalue weighted by Crippen LogP contribution is -2.20. The lowest BCUT2D eigenvalue weighted by Gasteiger charge is -2.05. The van der Waals surface area contributed by atoms with Crippen molar-refractivity contribution in [3.8, 4) is 11.4 Å². The maximum atomic E-state index is 12.9. The van der Waals surface area contributed by atoms with Crippen molar-refractivity contribution in [1.29, 1.82) is 0 Å². The smallest absolute Gasteiger partial charge is 0.273 e. The van der Waals surface area contributed by atoms with Gasteiger partial charge in [0.25, 0.3) is 5.56 Å². The van der Waals surface area contributed by atoms with Crippen molar-refractivity contribution >= 4 is 16.8 Å². The topological polar surface area (TPSA) is 107 Å². The van der Waals surface area contributed by atoms with E-state index in [0.29, 0.717) is 18.8 Å². The van der Waals surface area contributed by atoms with Gasteiger partial charge in [0.05, 0.1) is 5.52 Å². The first-order valence-corrected chi connectivity index (χ1v) is 9.92. The number of benzene rings is 2. The largest absolute Gasteiger partial charge is 0.330 e. The first-order chi connectivity index (χ1) is 14.6. The van der Waals surface area contributed by atoms with Crippen molar-refractivity contribution in [3.05, 3.63) is 81.9 Å². The molecule has 0 unspecified atom stereocenters. The quantitative estimate of drug-likeness (QED) is 0.517. The summed E-state index contributed by atoms with van der Waals surface area (Å²) in [6, 6.07) is 15.4. The predicted molar refractivity (Wildman–Crippen MR) is 116 cm³/mol. The van der Waals surface area contributed by atoms with Crippen molar-refractivity contribution in [3.63, 3.8) is 0 Å². The Morgan fingerprint density at radius 2 is 1.93 bits per heavy atom. The zero-order valence-electron chi connectivity index (χ0n) is 16.8. The van der Waals surface area contributed by atoms with Gasteiger partial charge < -0.3 is 10.7 Å². The molecule has 30 heavy (non-hydrogen) atoms. The lowest BCUT2D eigenvalue weighted by atomic mass is 10.1. The van der Waals surface area contributed by atoms with E-state index in [-0.39, 0.29) is 30.0 Å². The third kappa shape index (κ3) is 3.92. The van der Waals surface area contributed by atoms with Gasteiger partial charge in [0.1, 0.15) is 5.69 Å². The molecule has 0 atom stereocenters. The van der Waals surface area contributed by atoms with Crippen LogP contribution in [0.25, 0.3) is 22.3 Å². The molecular formula is C23H23N5O2. The van der Waals surface area contributed by atoms with E-state index in [0.717, 1.165) is 27.6 Å². The van der Waals surface area contributed by atoms with Crippen LogP contribution in [-0.2, 0) is 12.8 Å². The Morgan fingerprint density at radius 1 is 1.10 bits per heavy atom. The fourth-order valence-corrected chi connectivity index (χ4v) is 3.60. The summed E-state index contributed by atoms with van der Waals surface area (Å²) in [6.45, 7) is 2.49. The summed E-state index contributed by atoms with van der Waals surface area (Å²) >= 11 is 0. The highest BCUT2D eigenvalue weighted by Crippen LogP contribution is 2.22. The number of hydrogen-bond donors (Lipinski definition) is 2. The van der Waals surface area contributed by atoms with E-state index in [2.05, 4.69) is 15.2 Å². The zero-order valence-corrected chi connectivity index (χ0v) is 16.8. The number of nitrogens with two attached hydrogens (primary N) is 1. The number of fused-ring (bicyclic) bond motifs is 1. The maximum absolute atomic E-state index is 12.9. The van der Waals surface area contributed by atoms with Crippen molar-refractivity contribution in [1.82, 2.24) is 19.7 Å². The Hall–Kier alpha value is -3.58. The Kier molecular flexibility index (Phi) is 5.54. The van der Waals surface area contributed by atoms with Crippen molar-refractivity contribution in [2.75, 3.05) is 6.54 Å². The number of para-hydroxylation sites is 1. The molecular weight excluding hydrogens is 378 g/mol. The summed E-state index contributed by atoms with van der Waals surface area (Å²) in [5, 5.41) is 9.24. The number of nitrogens with one attached hydrogen (secondary N) is 1. The van der Waals surface area contributed by atoms with Gasteiger partial charge in [-0.1, -0.05) is 42.0 Å². The van der Waals surface area contributed by atoms with Gasteiger partial charge in [0.15, 0.2) is 5.82 Å². The standard InChI is InChI=1S/C23H23N5O2/c1-15-5-4-6-16(13-15)22-25-23(30)19(26-27-22)9-10-21(29)28-14-17(11-12-24)18-7-2-3-8-20(18)28/h2-8,13-14H,9-12,24H2,1H3,(H,25,27,30). The summed E-state index contributed by atoms with van der Waals surface area (Å²) < 4.78 is 1.64. The highest BCUT2D eigenvalue weighted by atomic mass is 16.2. The third-order valence-electron chi connectivity index (χ3n) is 5.11. The summed E-state index contributed by atoms with van der Waals surface area (Å²) in [5.74, 6) is 0.319. The summed E-state index contributed by atoms with van der Waals surface area (Å²) in [5.41, 5.74) is 9.39. The van der Waals surface area contributed by atoms with Gasteiger partial charge in [-0.05, 0) is 37.6 Å². The van der Waals surface area contributed by atoms with Crippen LogP contribution < -0.4 is 11.3 Å². The molecule has 152 valence electrons. The van der Waals surface area contributed by atoms with Crippen LogP contribution in [0.15, 0.2) is 59.5 Å². The van der Waals surface area contributed by atoms with E-state index in [4.69, 9.17) is 5.73 Å². The molecule has 0 amide bonds. The molecule has 0 aliphatic rings. The van der Waals surface area contributed by atoms with Crippen LogP contribution in [-0.4, -0.2) is 32.2 Å². The van der Waals surface area contributed by atoms with Crippen LogP contribution in [0, 0.1) is 6.92 Å². The minimum Gasteiger partial charge on any atom is -0.330 e. The second kappa shape index (κ2) is 8.42. The number of aromatic nitrogens is 4. The number of carbonyl (C=O) groups is 1. The van der Waals surface area contributed by atoms with Gasteiger partial charge in [0, 0.05) is 30.0 Å². The number of aryl methyl sites for hydroxylation is 2. The average molecular weight is 401 g/mol. The van der Waals surface area contributed by atoms with E-state index in [1.54, 1.807) is 4.57 Å². The maximum Gasteiger partial charge on any atom is 0.273 e.